The topological polar surface area (TPSA) is 75.2 Å². The van der Waals surface area contributed by atoms with Crippen molar-refractivity contribution >= 4 is 28.3 Å². The summed E-state index contributed by atoms with van der Waals surface area (Å²) in [7, 11) is 1.74. The fraction of sp³-hybridized carbons (Fsp3) is 0.304. The van der Waals surface area contributed by atoms with Gasteiger partial charge in [-0.05, 0) is 17.5 Å². The predicted molar refractivity (Wildman–Crippen MR) is 118 cm³/mol. The number of hydrogen-bond acceptors (Lipinski definition) is 5. The second kappa shape index (κ2) is 8.36. The van der Waals surface area contributed by atoms with Gasteiger partial charge < -0.3 is 10.2 Å². The third-order valence-electron chi connectivity index (χ3n) is 5.40. The number of benzene rings is 1. The minimum Gasteiger partial charge on any atom is -0.338 e. The van der Waals surface area contributed by atoms with Gasteiger partial charge in [-0.25, -0.2) is 4.98 Å². The Hall–Kier alpha value is -3.06. The van der Waals surface area contributed by atoms with Gasteiger partial charge in [-0.1, -0.05) is 50.2 Å². The molecule has 3 heterocycles. The summed E-state index contributed by atoms with van der Waals surface area (Å²) in [5.74, 6) is -0.440. The quantitative estimate of drug-likeness (QED) is 0.660. The van der Waals surface area contributed by atoms with Gasteiger partial charge in [0.05, 0.1) is 17.7 Å². The molecule has 2 aromatic heterocycles. The summed E-state index contributed by atoms with van der Waals surface area (Å²) in [5.41, 5.74) is 2.79. The lowest BCUT2D eigenvalue weighted by molar-refractivity contribution is -0.127. The number of hydrogen-bond donors (Lipinski definition) is 1. The van der Waals surface area contributed by atoms with Crippen molar-refractivity contribution in [1.82, 2.24) is 14.9 Å². The number of anilines is 1. The Labute approximate surface area is 180 Å². The minimum absolute atomic E-state index is 0.0454. The van der Waals surface area contributed by atoms with E-state index >= 15 is 0 Å². The van der Waals surface area contributed by atoms with Gasteiger partial charge in [0, 0.05) is 36.3 Å². The van der Waals surface area contributed by atoms with Crippen molar-refractivity contribution in [1.29, 1.82) is 0 Å². The van der Waals surface area contributed by atoms with E-state index in [9.17, 15) is 9.59 Å². The van der Waals surface area contributed by atoms with Crippen molar-refractivity contribution in [3.05, 3.63) is 65.3 Å². The van der Waals surface area contributed by atoms with Crippen molar-refractivity contribution in [2.45, 2.75) is 32.2 Å². The number of nitrogens with zero attached hydrogens (tertiary/aromatic N) is 3. The molecule has 0 bridgehead atoms. The monoisotopic (exact) mass is 420 g/mol. The highest BCUT2D eigenvalue weighted by Crippen LogP contribution is 2.39. The van der Waals surface area contributed by atoms with Gasteiger partial charge in [0.2, 0.25) is 11.8 Å². The second-order valence-electron chi connectivity index (χ2n) is 7.79. The van der Waals surface area contributed by atoms with Crippen LogP contribution in [0.5, 0.6) is 0 Å². The molecule has 3 aromatic rings. The van der Waals surface area contributed by atoms with Gasteiger partial charge in [0.15, 0.2) is 5.13 Å². The maximum atomic E-state index is 13.2. The van der Waals surface area contributed by atoms with Crippen LogP contribution in [-0.2, 0) is 9.59 Å². The zero-order chi connectivity index (χ0) is 21.3. The number of likely N-dealkylation sites (tertiary alicyclic amines) is 1. The fourth-order valence-corrected chi connectivity index (χ4v) is 4.88. The number of pyridine rings is 1. The van der Waals surface area contributed by atoms with Crippen molar-refractivity contribution < 1.29 is 9.59 Å². The largest absolute Gasteiger partial charge is 0.338 e. The van der Waals surface area contributed by atoms with Gasteiger partial charge >= 0.3 is 0 Å². The third kappa shape index (κ3) is 3.85. The van der Waals surface area contributed by atoms with E-state index in [-0.39, 0.29) is 30.2 Å². The molecular weight excluding hydrogens is 396 g/mol. The van der Waals surface area contributed by atoms with Crippen LogP contribution >= 0.6 is 11.3 Å². The number of carbonyl (C=O) groups is 2. The van der Waals surface area contributed by atoms with Crippen LogP contribution in [-0.4, -0.2) is 33.7 Å². The van der Waals surface area contributed by atoms with Gasteiger partial charge in [-0.15, -0.1) is 11.3 Å². The molecule has 1 saturated heterocycles. The van der Waals surface area contributed by atoms with Gasteiger partial charge in [-0.2, -0.15) is 0 Å². The van der Waals surface area contributed by atoms with Crippen LogP contribution in [0.1, 0.15) is 42.7 Å². The van der Waals surface area contributed by atoms with E-state index in [0.29, 0.717) is 5.13 Å². The Morgan fingerprint density at radius 2 is 1.97 bits per heavy atom. The van der Waals surface area contributed by atoms with Crippen molar-refractivity contribution in [2.75, 3.05) is 12.4 Å². The van der Waals surface area contributed by atoms with Gasteiger partial charge in [0.1, 0.15) is 0 Å². The van der Waals surface area contributed by atoms with Crippen molar-refractivity contribution in [3.8, 4) is 11.3 Å². The lowest BCUT2D eigenvalue weighted by Crippen LogP contribution is -2.30. The number of rotatable bonds is 5. The molecule has 2 amide bonds. The van der Waals surface area contributed by atoms with E-state index in [1.165, 1.54) is 11.3 Å². The Morgan fingerprint density at radius 3 is 2.63 bits per heavy atom. The molecule has 6 nitrogen and oxygen atoms in total. The zero-order valence-corrected chi connectivity index (χ0v) is 18.0. The maximum absolute atomic E-state index is 13.2. The lowest BCUT2D eigenvalue weighted by atomic mass is 9.94. The number of amides is 2. The first-order valence-corrected chi connectivity index (χ1v) is 10.8. The zero-order valence-electron chi connectivity index (χ0n) is 17.2. The Kier molecular flexibility index (Phi) is 5.63. The third-order valence-corrected chi connectivity index (χ3v) is 6.68. The molecule has 0 unspecified atom stereocenters. The first kappa shape index (κ1) is 20.2. The first-order valence-electron chi connectivity index (χ1n) is 9.98. The summed E-state index contributed by atoms with van der Waals surface area (Å²) in [6, 6.07) is 13.4. The molecule has 0 aliphatic carbocycles. The minimum atomic E-state index is -0.488. The molecule has 30 heavy (non-hydrogen) atoms. The van der Waals surface area contributed by atoms with E-state index in [1.54, 1.807) is 24.3 Å². The molecule has 0 spiro atoms. The van der Waals surface area contributed by atoms with Crippen LogP contribution in [0.15, 0.2) is 54.9 Å². The van der Waals surface area contributed by atoms with Crippen LogP contribution in [0, 0.1) is 5.92 Å². The Balaban J connectivity index is 1.61. The molecule has 1 aliphatic heterocycles. The number of carbonyl (C=O) groups excluding carboxylic acids is 2. The average Bonchev–Trinajstić information content (AvgIpc) is 3.31. The van der Waals surface area contributed by atoms with Gasteiger partial charge in [0.25, 0.3) is 0 Å². The van der Waals surface area contributed by atoms with Crippen LogP contribution < -0.4 is 5.32 Å². The fourth-order valence-electron chi connectivity index (χ4n) is 3.89. The molecule has 1 fully saturated rings. The average molecular weight is 421 g/mol. The Morgan fingerprint density at radius 1 is 1.20 bits per heavy atom. The molecule has 0 radical (unpaired) electrons. The van der Waals surface area contributed by atoms with Crippen LogP contribution in [0.2, 0.25) is 0 Å². The summed E-state index contributed by atoms with van der Waals surface area (Å²) >= 11 is 1.49. The standard InChI is InChI=1S/C23H24N4O2S/c1-14(2)21-19(15-8-5-4-6-9-15)25-23(30-21)26-22(29)17-12-18(28)27(3)20(17)16-10-7-11-24-13-16/h4-11,13-14,17,20H,12H2,1-3H3,(H,25,26,29)/t17-,20+/m1/s1. The SMILES string of the molecule is CC(C)c1sc(NC(=O)[C@@H]2CC(=O)N(C)[C@H]2c2cccnc2)nc1-c1ccccc1. The summed E-state index contributed by atoms with van der Waals surface area (Å²) in [6.07, 6.45) is 3.58. The second-order valence-corrected chi connectivity index (χ2v) is 8.82. The summed E-state index contributed by atoms with van der Waals surface area (Å²) < 4.78 is 0. The summed E-state index contributed by atoms with van der Waals surface area (Å²) in [6.45, 7) is 4.24. The normalized spacial score (nSPS) is 18.8. The molecule has 1 aliphatic rings. The van der Waals surface area contributed by atoms with E-state index < -0.39 is 5.92 Å². The highest BCUT2D eigenvalue weighted by Gasteiger charge is 2.43. The highest BCUT2D eigenvalue weighted by molar-refractivity contribution is 7.16. The van der Waals surface area contributed by atoms with E-state index in [4.69, 9.17) is 4.98 Å². The van der Waals surface area contributed by atoms with E-state index in [2.05, 4.69) is 24.1 Å². The number of aromatic nitrogens is 2. The van der Waals surface area contributed by atoms with Crippen LogP contribution in [0.25, 0.3) is 11.3 Å². The maximum Gasteiger partial charge on any atom is 0.232 e. The number of nitrogens with one attached hydrogen (secondary N) is 1. The van der Waals surface area contributed by atoms with Gasteiger partial charge in [-0.3, -0.25) is 14.6 Å². The van der Waals surface area contributed by atoms with Crippen molar-refractivity contribution in [2.24, 2.45) is 5.92 Å². The molecule has 154 valence electrons. The molecule has 0 saturated carbocycles. The van der Waals surface area contributed by atoms with Crippen molar-refractivity contribution in [3.63, 3.8) is 0 Å². The van der Waals surface area contributed by atoms with E-state index in [1.807, 2.05) is 42.5 Å². The molecule has 4 rings (SSSR count). The molecular formula is C23H24N4O2S. The number of thiazole rings is 1. The Bertz CT molecular complexity index is 1050. The summed E-state index contributed by atoms with van der Waals surface area (Å²) in [4.78, 5) is 37.2. The molecule has 1 aromatic carbocycles. The predicted octanol–water partition coefficient (Wildman–Crippen LogP) is 4.49. The molecule has 7 heteroatoms. The van der Waals surface area contributed by atoms with Crippen LogP contribution in [0.3, 0.4) is 0 Å². The van der Waals surface area contributed by atoms with Crippen LogP contribution in [0.4, 0.5) is 5.13 Å². The lowest BCUT2D eigenvalue weighted by Gasteiger charge is -2.24. The van der Waals surface area contributed by atoms with E-state index in [0.717, 1.165) is 21.7 Å². The molecule has 1 N–H and O–H groups in total. The highest BCUT2D eigenvalue weighted by atomic mass is 32.1. The smallest absolute Gasteiger partial charge is 0.232 e. The molecule has 2 atom stereocenters. The first-order chi connectivity index (χ1) is 14.5. The summed E-state index contributed by atoms with van der Waals surface area (Å²) in [5, 5.41) is 3.54.